The summed E-state index contributed by atoms with van der Waals surface area (Å²) in [6, 6.07) is 0. The standard InChI is InChI=1S/C7H14N4/c1-5(3-4-8)7-9-6(2)10-11-7/h5H,3-4,8H2,1-2H3,(H,9,10,11). The Hall–Kier alpha value is -0.900. The van der Waals surface area contributed by atoms with Gasteiger partial charge in [-0.1, -0.05) is 6.92 Å². The maximum absolute atomic E-state index is 5.41. The monoisotopic (exact) mass is 154 g/mol. The Kier molecular flexibility index (Phi) is 2.59. The van der Waals surface area contributed by atoms with E-state index in [-0.39, 0.29) is 0 Å². The van der Waals surface area contributed by atoms with Crippen LogP contribution in [0.1, 0.15) is 30.9 Å². The predicted octanol–water partition coefficient (Wildman–Crippen LogP) is 0.565. The van der Waals surface area contributed by atoms with Crippen LogP contribution < -0.4 is 5.73 Å². The van der Waals surface area contributed by atoms with Crippen LogP contribution in [-0.4, -0.2) is 21.7 Å². The molecule has 1 atom stereocenters. The van der Waals surface area contributed by atoms with E-state index in [0.29, 0.717) is 12.5 Å². The molecule has 1 rings (SSSR count). The van der Waals surface area contributed by atoms with Crippen LogP contribution in [0, 0.1) is 6.92 Å². The lowest BCUT2D eigenvalue weighted by Gasteiger charge is -2.02. The van der Waals surface area contributed by atoms with E-state index >= 15 is 0 Å². The van der Waals surface area contributed by atoms with Crippen molar-refractivity contribution in [3.63, 3.8) is 0 Å². The van der Waals surface area contributed by atoms with Crippen LogP contribution in [-0.2, 0) is 0 Å². The summed E-state index contributed by atoms with van der Waals surface area (Å²) in [5.41, 5.74) is 5.41. The second kappa shape index (κ2) is 3.48. The Balaban J connectivity index is 2.60. The van der Waals surface area contributed by atoms with Crippen LogP contribution in [0.15, 0.2) is 0 Å². The number of nitrogens with one attached hydrogen (secondary N) is 1. The molecule has 0 radical (unpaired) electrons. The van der Waals surface area contributed by atoms with E-state index in [0.717, 1.165) is 18.1 Å². The Bertz CT molecular complexity index is 218. The van der Waals surface area contributed by atoms with Crippen molar-refractivity contribution in [3.05, 3.63) is 11.6 Å². The molecule has 0 aliphatic rings. The number of nitrogens with zero attached hydrogens (tertiary/aromatic N) is 2. The highest BCUT2D eigenvalue weighted by Gasteiger charge is 2.08. The molecule has 1 heterocycles. The van der Waals surface area contributed by atoms with Gasteiger partial charge in [0, 0.05) is 5.92 Å². The average Bonchev–Trinajstić information content (AvgIpc) is 2.36. The first kappa shape index (κ1) is 8.20. The predicted molar refractivity (Wildman–Crippen MR) is 43.2 cm³/mol. The molecule has 11 heavy (non-hydrogen) atoms. The molecule has 4 nitrogen and oxygen atoms in total. The van der Waals surface area contributed by atoms with Gasteiger partial charge in [-0.05, 0) is 19.9 Å². The minimum atomic E-state index is 0.366. The van der Waals surface area contributed by atoms with Gasteiger partial charge in [0.15, 0.2) is 5.82 Å². The first-order valence-electron chi connectivity index (χ1n) is 3.83. The van der Waals surface area contributed by atoms with Crippen LogP contribution in [0.4, 0.5) is 0 Å². The van der Waals surface area contributed by atoms with Crippen molar-refractivity contribution >= 4 is 0 Å². The van der Waals surface area contributed by atoms with Gasteiger partial charge in [-0.3, -0.25) is 5.10 Å². The van der Waals surface area contributed by atoms with Gasteiger partial charge < -0.3 is 5.73 Å². The summed E-state index contributed by atoms with van der Waals surface area (Å²) in [6.45, 7) is 4.66. The van der Waals surface area contributed by atoms with Gasteiger partial charge in [0.1, 0.15) is 5.82 Å². The maximum Gasteiger partial charge on any atom is 0.153 e. The summed E-state index contributed by atoms with van der Waals surface area (Å²) >= 11 is 0. The van der Waals surface area contributed by atoms with Crippen LogP contribution in [0.2, 0.25) is 0 Å². The minimum Gasteiger partial charge on any atom is -0.330 e. The summed E-state index contributed by atoms with van der Waals surface area (Å²) in [6.07, 6.45) is 0.942. The SMILES string of the molecule is Cc1nc(C(C)CCN)n[nH]1. The summed E-state index contributed by atoms with van der Waals surface area (Å²) in [4.78, 5) is 4.21. The van der Waals surface area contributed by atoms with E-state index in [4.69, 9.17) is 5.73 Å². The molecule has 62 valence electrons. The van der Waals surface area contributed by atoms with Crippen molar-refractivity contribution in [1.82, 2.24) is 15.2 Å². The van der Waals surface area contributed by atoms with Gasteiger partial charge in [0.25, 0.3) is 0 Å². The molecule has 1 unspecified atom stereocenters. The Labute approximate surface area is 66.2 Å². The van der Waals surface area contributed by atoms with Gasteiger partial charge in [-0.15, -0.1) is 0 Å². The summed E-state index contributed by atoms with van der Waals surface area (Å²) in [7, 11) is 0. The lowest BCUT2D eigenvalue weighted by molar-refractivity contribution is 0.650. The molecule has 1 aromatic heterocycles. The second-order valence-corrected chi connectivity index (χ2v) is 2.76. The van der Waals surface area contributed by atoms with E-state index in [1.165, 1.54) is 0 Å². The fourth-order valence-electron chi connectivity index (χ4n) is 0.959. The maximum atomic E-state index is 5.41. The zero-order valence-corrected chi connectivity index (χ0v) is 6.96. The van der Waals surface area contributed by atoms with E-state index in [2.05, 4.69) is 22.1 Å². The summed E-state index contributed by atoms with van der Waals surface area (Å²) < 4.78 is 0. The van der Waals surface area contributed by atoms with Crippen molar-refractivity contribution in [2.24, 2.45) is 5.73 Å². The van der Waals surface area contributed by atoms with Crippen LogP contribution in [0.3, 0.4) is 0 Å². The molecule has 0 saturated carbocycles. The van der Waals surface area contributed by atoms with Crippen molar-refractivity contribution in [2.75, 3.05) is 6.54 Å². The molecule has 0 aromatic carbocycles. The Morgan fingerprint density at radius 2 is 2.36 bits per heavy atom. The third-order valence-electron chi connectivity index (χ3n) is 1.65. The molecule has 0 aliphatic carbocycles. The molecule has 4 heteroatoms. The number of hydrogen-bond acceptors (Lipinski definition) is 3. The Morgan fingerprint density at radius 1 is 1.64 bits per heavy atom. The van der Waals surface area contributed by atoms with Crippen LogP contribution >= 0.6 is 0 Å². The molecule has 0 amide bonds. The van der Waals surface area contributed by atoms with E-state index in [9.17, 15) is 0 Å². The highest BCUT2D eigenvalue weighted by Crippen LogP contribution is 2.12. The first-order chi connectivity index (χ1) is 5.24. The molecule has 0 aliphatic heterocycles. The number of aromatic nitrogens is 3. The van der Waals surface area contributed by atoms with Gasteiger partial charge >= 0.3 is 0 Å². The number of rotatable bonds is 3. The highest BCUT2D eigenvalue weighted by atomic mass is 15.2. The van der Waals surface area contributed by atoms with E-state index < -0.39 is 0 Å². The van der Waals surface area contributed by atoms with Gasteiger partial charge in [-0.2, -0.15) is 5.10 Å². The largest absolute Gasteiger partial charge is 0.330 e. The summed E-state index contributed by atoms with van der Waals surface area (Å²) in [5, 5.41) is 6.85. The fraction of sp³-hybridized carbons (Fsp3) is 0.714. The minimum absolute atomic E-state index is 0.366. The normalized spacial score (nSPS) is 13.4. The zero-order valence-electron chi connectivity index (χ0n) is 6.96. The lowest BCUT2D eigenvalue weighted by Crippen LogP contribution is -2.05. The zero-order chi connectivity index (χ0) is 8.27. The van der Waals surface area contributed by atoms with Crippen molar-refractivity contribution in [3.8, 4) is 0 Å². The van der Waals surface area contributed by atoms with Crippen molar-refractivity contribution in [1.29, 1.82) is 0 Å². The van der Waals surface area contributed by atoms with E-state index in [1.807, 2.05) is 6.92 Å². The number of aryl methyl sites for hydroxylation is 1. The molecular formula is C7H14N4. The van der Waals surface area contributed by atoms with E-state index in [1.54, 1.807) is 0 Å². The number of nitrogens with two attached hydrogens (primary N) is 1. The molecule has 0 saturated heterocycles. The van der Waals surface area contributed by atoms with Gasteiger partial charge in [0.2, 0.25) is 0 Å². The smallest absolute Gasteiger partial charge is 0.153 e. The average molecular weight is 154 g/mol. The molecule has 0 bridgehead atoms. The van der Waals surface area contributed by atoms with Gasteiger partial charge in [-0.25, -0.2) is 4.98 Å². The first-order valence-corrected chi connectivity index (χ1v) is 3.83. The van der Waals surface area contributed by atoms with Gasteiger partial charge in [0.05, 0.1) is 0 Å². The highest BCUT2D eigenvalue weighted by molar-refractivity contribution is 4.94. The fourth-order valence-corrected chi connectivity index (χ4v) is 0.959. The van der Waals surface area contributed by atoms with Crippen molar-refractivity contribution < 1.29 is 0 Å². The summed E-state index contributed by atoms with van der Waals surface area (Å²) in [5.74, 6) is 2.10. The van der Waals surface area contributed by atoms with Crippen LogP contribution in [0.5, 0.6) is 0 Å². The third-order valence-corrected chi connectivity index (χ3v) is 1.65. The molecule has 3 N–H and O–H groups in total. The second-order valence-electron chi connectivity index (χ2n) is 2.76. The number of aromatic amines is 1. The molecule has 0 spiro atoms. The third kappa shape index (κ3) is 2.01. The topological polar surface area (TPSA) is 67.6 Å². The quantitative estimate of drug-likeness (QED) is 0.668. The number of H-pyrrole nitrogens is 1. The Morgan fingerprint density at radius 3 is 2.82 bits per heavy atom. The molecule has 0 fully saturated rings. The lowest BCUT2D eigenvalue weighted by atomic mass is 10.1. The number of hydrogen-bond donors (Lipinski definition) is 2. The molecule has 1 aromatic rings. The van der Waals surface area contributed by atoms with Crippen molar-refractivity contribution in [2.45, 2.75) is 26.2 Å². The molecular weight excluding hydrogens is 140 g/mol. The van der Waals surface area contributed by atoms with Crippen LogP contribution in [0.25, 0.3) is 0 Å².